The first-order valence-electron chi connectivity index (χ1n) is 5.84. The van der Waals surface area contributed by atoms with Gasteiger partial charge in [-0.2, -0.15) is 5.26 Å². The fourth-order valence-corrected chi connectivity index (χ4v) is 1.75. The number of aromatic amines is 1. The first kappa shape index (κ1) is 12.2. The zero-order valence-electron chi connectivity index (χ0n) is 10.7. The maximum atomic E-state index is 9.01. The van der Waals surface area contributed by atoms with Crippen molar-refractivity contribution >= 4 is 0 Å². The van der Waals surface area contributed by atoms with Crippen LogP contribution in [-0.2, 0) is 0 Å². The summed E-state index contributed by atoms with van der Waals surface area (Å²) < 4.78 is 5.58. The molecule has 0 aliphatic carbocycles. The van der Waals surface area contributed by atoms with Crippen LogP contribution in [0.4, 0.5) is 0 Å². The molecule has 4 heteroatoms. The SMILES string of the molecule is Cc1nc(C#N)c(-c2ccc(OC(C)C)cc2)[nH]1. The van der Waals surface area contributed by atoms with Crippen LogP contribution >= 0.6 is 0 Å². The molecule has 18 heavy (non-hydrogen) atoms. The van der Waals surface area contributed by atoms with E-state index in [-0.39, 0.29) is 6.10 Å². The van der Waals surface area contributed by atoms with E-state index in [0.29, 0.717) is 5.69 Å². The maximum absolute atomic E-state index is 9.01. The molecule has 1 N–H and O–H groups in total. The van der Waals surface area contributed by atoms with Gasteiger partial charge in [-0.3, -0.25) is 0 Å². The molecule has 0 spiro atoms. The summed E-state index contributed by atoms with van der Waals surface area (Å²) in [6.07, 6.45) is 0.153. The van der Waals surface area contributed by atoms with Gasteiger partial charge in [0.1, 0.15) is 17.6 Å². The van der Waals surface area contributed by atoms with Crippen molar-refractivity contribution in [1.82, 2.24) is 9.97 Å². The molecule has 0 unspecified atom stereocenters. The van der Waals surface area contributed by atoms with Gasteiger partial charge in [0.2, 0.25) is 0 Å². The number of rotatable bonds is 3. The standard InChI is InChI=1S/C14H15N3O/c1-9(2)18-12-6-4-11(5-7-12)14-13(8-15)16-10(3)17-14/h4-7,9H,1-3H3,(H,16,17). The number of nitriles is 1. The van der Waals surface area contributed by atoms with Crippen LogP contribution in [0.15, 0.2) is 24.3 Å². The van der Waals surface area contributed by atoms with Crippen LogP contribution in [0, 0.1) is 18.3 Å². The number of aryl methyl sites for hydroxylation is 1. The Morgan fingerprint density at radius 2 is 1.94 bits per heavy atom. The molecular formula is C14H15N3O. The van der Waals surface area contributed by atoms with E-state index in [4.69, 9.17) is 10.00 Å². The second-order valence-corrected chi connectivity index (χ2v) is 4.35. The monoisotopic (exact) mass is 241 g/mol. The van der Waals surface area contributed by atoms with Gasteiger partial charge in [0, 0.05) is 5.56 Å². The zero-order chi connectivity index (χ0) is 13.1. The Morgan fingerprint density at radius 1 is 1.28 bits per heavy atom. The maximum Gasteiger partial charge on any atom is 0.166 e. The topological polar surface area (TPSA) is 61.7 Å². The van der Waals surface area contributed by atoms with Crippen LogP contribution < -0.4 is 4.74 Å². The van der Waals surface area contributed by atoms with Crippen molar-refractivity contribution in [2.75, 3.05) is 0 Å². The fourth-order valence-electron chi connectivity index (χ4n) is 1.75. The molecule has 0 amide bonds. The Balaban J connectivity index is 2.32. The van der Waals surface area contributed by atoms with Crippen molar-refractivity contribution in [1.29, 1.82) is 5.26 Å². The highest BCUT2D eigenvalue weighted by Crippen LogP contribution is 2.24. The number of imidazole rings is 1. The van der Waals surface area contributed by atoms with Gasteiger partial charge in [0.25, 0.3) is 0 Å². The van der Waals surface area contributed by atoms with Crippen molar-refractivity contribution in [3.63, 3.8) is 0 Å². The molecular weight excluding hydrogens is 226 g/mol. The number of ether oxygens (including phenoxy) is 1. The molecule has 1 aromatic carbocycles. The van der Waals surface area contributed by atoms with Gasteiger partial charge in [-0.1, -0.05) is 0 Å². The van der Waals surface area contributed by atoms with Crippen LogP contribution in [0.3, 0.4) is 0 Å². The lowest BCUT2D eigenvalue weighted by Crippen LogP contribution is -2.05. The number of nitrogens with zero attached hydrogens (tertiary/aromatic N) is 2. The van der Waals surface area contributed by atoms with Crippen molar-refractivity contribution in [3.05, 3.63) is 35.8 Å². The van der Waals surface area contributed by atoms with E-state index in [0.717, 1.165) is 22.8 Å². The van der Waals surface area contributed by atoms with Gasteiger partial charge in [0.15, 0.2) is 5.69 Å². The van der Waals surface area contributed by atoms with E-state index in [9.17, 15) is 0 Å². The quantitative estimate of drug-likeness (QED) is 0.898. The molecule has 92 valence electrons. The number of hydrogen-bond donors (Lipinski definition) is 1. The molecule has 4 nitrogen and oxygen atoms in total. The minimum absolute atomic E-state index is 0.153. The predicted molar refractivity (Wildman–Crippen MR) is 69.2 cm³/mol. The number of aromatic nitrogens is 2. The van der Waals surface area contributed by atoms with Crippen LogP contribution in [0.2, 0.25) is 0 Å². The average Bonchev–Trinajstić information content (AvgIpc) is 2.71. The second kappa shape index (κ2) is 4.92. The highest BCUT2D eigenvalue weighted by Gasteiger charge is 2.09. The van der Waals surface area contributed by atoms with E-state index < -0.39 is 0 Å². The molecule has 0 saturated heterocycles. The largest absolute Gasteiger partial charge is 0.491 e. The molecule has 2 rings (SSSR count). The highest BCUT2D eigenvalue weighted by molar-refractivity contribution is 5.65. The van der Waals surface area contributed by atoms with Gasteiger partial charge >= 0.3 is 0 Å². The summed E-state index contributed by atoms with van der Waals surface area (Å²) in [6, 6.07) is 9.72. The smallest absolute Gasteiger partial charge is 0.166 e. The van der Waals surface area contributed by atoms with Crippen LogP contribution in [0.5, 0.6) is 5.75 Å². The van der Waals surface area contributed by atoms with Gasteiger partial charge in [0.05, 0.1) is 11.8 Å². The summed E-state index contributed by atoms with van der Waals surface area (Å²) >= 11 is 0. The van der Waals surface area contributed by atoms with Crippen molar-refractivity contribution < 1.29 is 4.74 Å². The Labute approximate surface area is 106 Å². The molecule has 1 heterocycles. The van der Waals surface area contributed by atoms with E-state index in [1.807, 2.05) is 45.0 Å². The van der Waals surface area contributed by atoms with E-state index >= 15 is 0 Å². The van der Waals surface area contributed by atoms with Gasteiger partial charge < -0.3 is 9.72 Å². The summed E-state index contributed by atoms with van der Waals surface area (Å²) in [6.45, 7) is 5.81. The molecule has 0 radical (unpaired) electrons. The first-order valence-corrected chi connectivity index (χ1v) is 5.84. The fraction of sp³-hybridized carbons (Fsp3) is 0.286. The Morgan fingerprint density at radius 3 is 2.50 bits per heavy atom. The second-order valence-electron chi connectivity index (χ2n) is 4.35. The third-order valence-corrected chi connectivity index (χ3v) is 2.44. The van der Waals surface area contributed by atoms with E-state index in [1.54, 1.807) is 0 Å². The Kier molecular flexibility index (Phi) is 3.33. The molecule has 0 aliphatic rings. The normalized spacial score (nSPS) is 10.4. The molecule has 0 atom stereocenters. The summed E-state index contributed by atoms with van der Waals surface area (Å²) in [5.41, 5.74) is 2.11. The summed E-state index contributed by atoms with van der Waals surface area (Å²) in [4.78, 5) is 7.23. The van der Waals surface area contributed by atoms with Gasteiger partial charge in [-0.05, 0) is 45.0 Å². The predicted octanol–water partition coefficient (Wildman–Crippen LogP) is 3.04. The highest BCUT2D eigenvalue weighted by atomic mass is 16.5. The Bertz CT molecular complexity index is 576. The molecule has 0 saturated carbocycles. The van der Waals surface area contributed by atoms with E-state index in [1.165, 1.54) is 0 Å². The number of benzene rings is 1. The lowest BCUT2D eigenvalue weighted by atomic mass is 10.1. The molecule has 0 aliphatic heterocycles. The third kappa shape index (κ3) is 2.51. The van der Waals surface area contributed by atoms with Crippen molar-refractivity contribution in [2.24, 2.45) is 0 Å². The minimum atomic E-state index is 0.153. The first-order chi connectivity index (χ1) is 8.60. The van der Waals surface area contributed by atoms with Gasteiger partial charge in [-0.25, -0.2) is 4.98 Å². The zero-order valence-corrected chi connectivity index (χ0v) is 10.7. The van der Waals surface area contributed by atoms with E-state index in [2.05, 4.69) is 16.0 Å². The molecule has 1 aromatic heterocycles. The van der Waals surface area contributed by atoms with Crippen molar-refractivity contribution in [2.45, 2.75) is 26.9 Å². The molecule has 2 aromatic rings. The minimum Gasteiger partial charge on any atom is -0.491 e. The number of H-pyrrole nitrogens is 1. The average molecular weight is 241 g/mol. The van der Waals surface area contributed by atoms with Crippen molar-refractivity contribution in [3.8, 4) is 23.1 Å². The molecule has 0 bridgehead atoms. The molecule has 0 fully saturated rings. The van der Waals surface area contributed by atoms with Crippen LogP contribution in [0.1, 0.15) is 25.4 Å². The summed E-state index contributed by atoms with van der Waals surface area (Å²) in [5, 5.41) is 9.01. The lowest BCUT2D eigenvalue weighted by Gasteiger charge is -2.09. The number of nitrogens with one attached hydrogen (secondary N) is 1. The lowest BCUT2D eigenvalue weighted by molar-refractivity contribution is 0.242. The third-order valence-electron chi connectivity index (χ3n) is 2.44. The number of hydrogen-bond acceptors (Lipinski definition) is 3. The van der Waals surface area contributed by atoms with Crippen LogP contribution in [-0.4, -0.2) is 16.1 Å². The van der Waals surface area contributed by atoms with Crippen LogP contribution in [0.25, 0.3) is 11.3 Å². The summed E-state index contributed by atoms with van der Waals surface area (Å²) in [7, 11) is 0. The Hall–Kier alpha value is -2.28. The van der Waals surface area contributed by atoms with Gasteiger partial charge in [-0.15, -0.1) is 0 Å². The summed E-state index contributed by atoms with van der Waals surface area (Å²) in [5.74, 6) is 1.56.